The SMILES string of the molecule is Oc1c(CCc2ccc(F)cc2)c(-c2ccc(C(F)(F)F)cc2)nn1-c1nc2ccc(Cl)cc2[nH]1. The zero-order chi connectivity index (χ0) is 24.7. The molecule has 0 aliphatic heterocycles. The second kappa shape index (κ2) is 8.74. The summed E-state index contributed by atoms with van der Waals surface area (Å²) < 4.78 is 53.6. The fourth-order valence-electron chi connectivity index (χ4n) is 3.86. The number of aromatic amines is 1. The van der Waals surface area contributed by atoms with E-state index in [2.05, 4.69) is 15.1 Å². The van der Waals surface area contributed by atoms with Crippen molar-refractivity contribution in [2.24, 2.45) is 0 Å². The molecule has 2 N–H and O–H groups in total. The van der Waals surface area contributed by atoms with Crippen molar-refractivity contribution < 1.29 is 22.7 Å². The highest BCUT2D eigenvalue weighted by Gasteiger charge is 2.30. The minimum absolute atomic E-state index is 0.202. The number of nitrogens with one attached hydrogen (secondary N) is 1. The first kappa shape index (κ1) is 22.9. The largest absolute Gasteiger partial charge is 0.493 e. The highest BCUT2D eigenvalue weighted by molar-refractivity contribution is 6.31. The van der Waals surface area contributed by atoms with Crippen molar-refractivity contribution in [2.45, 2.75) is 19.0 Å². The second-order valence-corrected chi connectivity index (χ2v) is 8.42. The van der Waals surface area contributed by atoms with Gasteiger partial charge in [0.1, 0.15) is 11.5 Å². The van der Waals surface area contributed by atoms with Crippen LogP contribution in [0.5, 0.6) is 5.88 Å². The molecule has 0 aliphatic carbocycles. The van der Waals surface area contributed by atoms with Crippen LogP contribution in [0.25, 0.3) is 28.2 Å². The number of hydrogen-bond acceptors (Lipinski definition) is 3. The van der Waals surface area contributed by atoms with Gasteiger partial charge in [-0.25, -0.2) is 9.37 Å². The zero-order valence-corrected chi connectivity index (χ0v) is 18.7. The van der Waals surface area contributed by atoms with Gasteiger partial charge in [0.25, 0.3) is 0 Å². The molecular weight excluding hydrogens is 484 g/mol. The van der Waals surface area contributed by atoms with E-state index in [0.29, 0.717) is 45.7 Å². The van der Waals surface area contributed by atoms with Crippen LogP contribution in [0.15, 0.2) is 66.7 Å². The lowest BCUT2D eigenvalue weighted by atomic mass is 10.0. The molecule has 5 rings (SSSR count). The monoisotopic (exact) mass is 500 g/mol. The van der Waals surface area contributed by atoms with E-state index < -0.39 is 11.7 Å². The van der Waals surface area contributed by atoms with Crippen LogP contribution in [0.1, 0.15) is 16.7 Å². The summed E-state index contributed by atoms with van der Waals surface area (Å²) in [7, 11) is 0. The quantitative estimate of drug-likeness (QED) is 0.263. The lowest BCUT2D eigenvalue weighted by molar-refractivity contribution is -0.137. The predicted molar refractivity (Wildman–Crippen MR) is 124 cm³/mol. The van der Waals surface area contributed by atoms with Gasteiger partial charge in [-0.2, -0.15) is 23.0 Å². The minimum Gasteiger partial charge on any atom is -0.493 e. The van der Waals surface area contributed by atoms with E-state index in [1.165, 1.54) is 28.9 Å². The van der Waals surface area contributed by atoms with Crippen molar-refractivity contribution in [3.05, 3.63) is 94.3 Å². The van der Waals surface area contributed by atoms with Gasteiger partial charge in [-0.05, 0) is 60.9 Å². The van der Waals surface area contributed by atoms with Crippen LogP contribution in [-0.2, 0) is 19.0 Å². The van der Waals surface area contributed by atoms with E-state index in [1.807, 2.05) is 0 Å². The van der Waals surface area contributed by atoms with E-state index in [0.717, 1.165) is 17.7 Å². The molecule has 0 saturated heterocycles. The van der Waals surface area contributed by atoms with Gasteiger partial charge in [-0.15, -0.1) is 0 Å². The van der Waals surface area contributed by atoms with Crippen LogP contribution in [0.4, 0.5) is 17.6 Å². The number of aromatic nitrogens is 4. The summed E-state index contributed by atoms with van der Waals surface area (Å²) in [5.74, 6) is -0.340. The third kappa shape index (κ3) is 4.59. The molecular formula is C25H17ClF4N4O. The maximum atomic E-state index is 13.3. The number of H-pyrrole nitrogens is 1. The highest BCUT2D eigenvalue weighted by Crippen LogP contribution is 2.35. The molecule has 10 heteroatoms. The van der Waals surface area contributed by atoms with E-state index >= 15 is 0 Å². The summed E-state index contributed by atoms with van der Waals surface area (Å²) in [5.41, 5.74) is 2.42. The van der Waals surface area contributed by atoms with Crippen molar-refractivity contribution in [2.75, 3.05) is 0 Å². The molecule has 0 saturated carbocycles. The molecule has 178 valence electrons. The number of aryl methyl sites for hydroxylation is 1. The van der Waals surface area contributed by atoms with Gasteiger partial charge in [0.15, 0.2) is 0 Å². The number of rotatable bonds is 5. The number of alkyl halides is 3. The molecule has 0 atom stereocenters. The normalized spacial score (nSPS) is 11.9. The number of aromatic hydroxyl groups is 1. The molecule has 0 radical (unpaired) electrons. The maximum absolute atomic E-state index is 13.3. The highest BCUT2D eigenvalue weighted by atomic mass is 35.5. The summed E-state index contributed by atoms with van der Waals surface area (Å²) >= 11 is 6.05. The lowest BCUT2D eigenvalue weighted by Gasteiger charge is -2.08. The first-order valence-corrected chi connectivity index (χ1v) is 11.0. The Balaban J connectivity index is 1.58. The van der Waals surface area contributed by atoms with Crippen LogP contribution < -0.4 is 0 Å². The van der Waals surface area contributed by atoms with Crippen LogP contribution in [0.3, 0.4) is 0 Å². The third-order valence-electron chi connectivity index (χ3n) is 5.65. The van der Waals surface area contributed by atoms with Crippen LogP contribution >= 0.6 is 11.6 Å². The summed E-state index contributed by atoms with van der Waals surface area (Å²) in [6, 6.07) is 15.6. The van der Waals surface area contributed by atoms with Gasteiger partial charge in [-0.3, -0.25) is 0 Å². The molecule has 0 spiro atoms. The smallest absolute Gasteiger partial charge is 0.416 e. The van der Waals surface area contributed by atoms with Crippen molar-refractivity contribution >= 4 is 22.6 Å². The predicted octanol–water partition coefficient (Wildman–Crippen LogP) is 6.72. The Hall–Kier alpha value is -3.85. The van der Waals surface area contributed by atoms with Gasteiger partial charge in [0.05, 0.1) is 16.6 Å². The molecule has 2 aromatic heterocycles. The Labute approximate surface area is 201 Å². The second-order valence-electron chi connectivity index (χ2n) is 7.99. The van der Waals surface area contributed by atoms with E-state index in [1.54, 1.807) is 30.3 Å². The first-order valence-electron chi connectivity index (χ1n) is 10.6. The number of benzene rings is 3. The van der Waals surface area contributed by atoms with Crippen molar-refractivity contribution in [3.8, 4) is 23.1 Å². The van der Waals surface area contributed by atoms with Gasteiger partial charge >= 0.3 is 6.18 Å². The van der Waals surface area contributed by atoms with Crippen molar-refractivity contribution in [3.63, 3.8) is 0 Å². The van der Waals surface area contributed by atoms with Crippen LogP contribution in [0, 0.1) is 5.82 Å². The third-order valence-corrected chi connectivity index (χ3v) is 5.89. The molecule has 0 aliphatic rings. The Morgan fingerprint density at radius 2 is 1.66 bits per heavy atom. The topological polar surface area (TPSA) is 66.7 Å². The Kier molecular flexibility index (Phi) is 5.72. The minimum atomic E-state index is -4.47. The zero-order valence-electron chi connectivity index (χ0n) is 17.9. The van der Waals surface area contributed by atoms with E-state index in [9.17, 15) is 22.7 Å². The number of imidazole rings is 1. The van der Waals surface area contributed by atoms with Crippen LogP contribution in [-0.4, -0.2) is 24.9 Å². The molecule has 3 aromatic carbocycles. The Morgan fingerprint density at radius 3 is 2.34 bits per heavy atom. The van der Waals surface area contributed by atoms with Gasteiger partial charge < -0.3 is 10.1 Å². The summed E-state index contributed by atoms with van der Waals surface area (Å²) in [6.07, 6.45) is -3.72. The standard InChI is InChI=1S/C25H17ClF4N4O/c26-17-8-12-20-21(13-17)32-24(31-20)34-23(35)19(11-3-14-1-9-18(27)10-2-14)22(33-34)15-4-6-16(7-5-15)25(28,29)30/h1-2,4-10,12-13,35H,3,11H2,(H,31,32). The summed E-state index contributed by atoms with van der Waals surface area (Å²) in [4.78, 5) is 7.49. The fraction of sp³-hybridized carbons (Fsp3) is 0.120. The number of nitrogens with zero attached hydrogens (tertiary/aromatic N) is 3. The molecule has 0 amide bonds. The Bertz CT molecular complexity index is 1510. The summed E-state index contributed by atoms with van der Waals surface area (Å²) in [5, 5.41) is 16.1. The van der Waals surface area contributed by atoms with Crippen LogP contribution in [0.2, 0.25) is 5.02 Å². The summed E-state index contributed by atoms with van der Waals surface area (Å²) in [6.45, 7) is 0. The number of halogens is 5. The fourth-order valence-corrected chi connectivity index (χ4v) is 4.03. The molecule has 2 heterocycles. The van der Waals surface area contributed by atoms with E-state index in [4.69, 9.17) is 11.6 Å². The molecule has 35 heavy (non-hydrogen) atoms. The molecule has 0 bridgehead atoms. The lowest BCUT2D eigenvalue weighted by Crippen LogP contribution is -2.04. The molecule has 5 nitrogen and oxygen atoms in total. The number of fused-ring (bicyclic) bond motifs is 1. The van der Waals surface area contributed by atoms with Gasteiger partial charge in [0, 0.05) is 16.1 Å². The van der Waals surface area contributed by atoms with E-state index in [-0.39, 0.29) is 17.6 Å². The average molecular weight is 501 g/mol. The molecule has 0 fully saturated rings. The first-order chi connectivity index (χ1) is 16.7. The van der Waals surface area contributed by atoms with Crippen molar-refractivity contribution in [1.82, 2.24) is 19.7 Å². The van der Waals surface area contributed by atoms with Crippen molar-refractivity contribution in [1.29, 1.82) is 0 Å². The number of hydrogen-bond donors (Lipinski definition) is 2. The average Bonchev–Trinajstić information content (AvgIpc) is 3.38. The van der Waals surface area contributed by atoms with Gasteiger partial charge in [0.2, 0.25) is 11.8 Å². The maximum Gasteiger partial charge on any atom is 0.416 e. The molecule has 5 aromatic rings. The Morgan fingerprint density at radius 1 is 0.943 bits per heavy atom. The molecule has 0 unspecified atom stereocenters. The van der Waals surface area contributed by atoms with Gasteiger partial charge in [-0.1, -0.05) is 35.9 Å².